The van der Waals surface area contributed by atoms with Gasteiger partial charge < -0.3 is 20.3 Å². The van der Waals surface area contributed by atoms with Crippen molar-refractivity contribution in [3.63, 3.8) is 0 Å². The Morgan fingerprint density at radius 3 is 2.58 bits per heavy atom. The number of likely N-dealkylation sites (tertiary alicyclic amines) is 1. The van der Waals surface area contributed by atoms with Crippen LogP contribution in [0, 0.1) is 13.8 Å². The third-order valence-electron chi connectivity index (χ3n) is 4.74. The molecule has 2 N–H and O–H groups in total. The lowest BCUT2D eigenvalue weighted by Gasteiger charge is -2.32. The van der Waals surface area contributed by atoms with E-state index in [9.17, 15) is 4.79 Å². The number of ether oxygens (including phenoxy) is 1. The minimum Gasteiger partial charge on any atom is -0.478 e. The van der Waals surface area contributed by atoms with Gasteiger partial charge >= 0.3 is 6.03 Å². The van der Waals surface area contributed by atoms with E-state index in [1.165, 1.54) is 11.1 Å². The van der Waals surface area contributed by atoms with Gasteiger partial charge in [-0.3, -0.25) is 0 Å². The highest BCUT2D eigenvalue weighted by atomic mass is 16.5. The summed E-state index contributed by atoms with van der Waals surface area (Å²) in [6.07, 6.45) is 4.93. The Morgan fingerprint density at radius 2 is 1.88 bits per heavy atom. The summed E-state index contributed by atoms with van der Waals surface area (Å²) in [5.74, 6) is 1.13. The van der Waals surface area contributed by atoms with Crippen LogP contribution in [-0.2, 0) is 0 Å². The van der Waals surface area contributed by atoms with Crippen LogP contribution in [0.5, 0.6) is 5.88 Å². The Morgan fingerprint density at radius 1 is 1.15 bits per heavy atom. The van der Waals surface area contributed by atoms with Crippen molar-refractivity contribution in [1.29, 1.82) is 0 Å². The van der Waals surface area contributed by atoms with E-state index < -0.39 is 0 Å². The maximum atomic E-state index is 12.5. The van der Waals surface area contributed by atoms with Crippen LogP contribution in [0.2, 0.25) is 0 Å². The normalized spacial score (nSPS) is 14.8. The van der Waals surface area contributed by atoms with Crippen LogP contribution in [-0.4, -0.2) is 47.1 Å². The van der Waals surface area contributed by atoms with Crippen LogP contribution in [0.25, 0.3) is 0 Å². The molecule has 0 unspecified atom stereocenters. The lowest BCUT2D eigenvalue weighted by atomic mass is 10.1. The molecule has 0 aliphatic carbocycles. The fourth-order valence-corrected chi connectivity index (χ4v) is 3.02. The van der Waals surface area contributed by atoms with Crippen molar-refractivity contribution in [2.75, 3.05) is 30.8 Å². The molecule has 0 saturated carbocycles. The molecule has 26 heavy (non-hydrogen) atoms. The number of nitrogens with one attached hydrogen (secondary N) is 2. The summed E-state index contributed by atoms with van der Waals surface area (Å²) in [5, 5.41) is 6.35. The van der Waals surface area contributed by atoms with Gasteiger partial charge in [0.15, 0.2) is 5.82 Å². The summed E-state index contributed by atoms with van der Waals surface area (Å²) in [4.78, 5) is 22.8. The predicted molar refractivity (Wildman–Crippen MR) is 102 cm³/mol. The number of aryl methyl sites for hydroxylation is 2. The fourth-order valence-electron chi connectivity index (χ4n) is 3.02. The van der Waals surface area contributed by atoms with E-state index in [2.05, 4.69) is 27.5 Å². The number of carbonyl (C=O) groups excluding carboxylic acids is 1. The second kappa shape index (κ2) is 8.03. The molecule has 1 aliphatic heterocycles. The van der Waals surface area contributed by atoms with E-state index >= 15 is 0 Å². The number of amides is 2. The van der Waals surface area contributed by atoms with Gasteiger partial charge in [-0.25, -0.2) is 14.8 Å². The number of nitrogens with zero attached hydrogens (tertiary/aromatic N) is 3. The molecule has 1 aliphatic rings. The number of carbonyl (C=O) groups is 1. The SMILES string of the molecule is COc1nccnc1NC1CCN(C(=O)Nc2ccc(C)c(C)c2)CC1. The van der Waals surface area contributed by atoms with Crippen LogP contribution >= 0.6 is 0 Å². The van der Waals surface area contributed by atoms with Gasteiger partial charge in [0, 0.05) is 37.2 Å². The van der Waals surface area contributed by atoms with Crippen LogP contribution in [0.3, 0.4) is 0 Å². The molecule has 7 nitrogen and oxygen atoms in total. The first-order valence-corrected chi connectivity index (χ1v) is 8.81. The average molecular weight is 355 g/mol. The molecule has 2 aromatic rings. The minimum atomic E-state index is -0.0520. The highest BCUT2D eigenvalue weighted by molar-refractivity contribution is 5.89. The Balaban J connectivity index is 1.53. The molecule has 138 valence electrons. The van der Waals surface area contributed by atoms with Gasteiger partial charge in [0.2, 0.25) is 0 Å². The fraction of sp³-hybridized carbons (Fsp3) is 0.421. The van der Waals surface area contributed by atoms with Crippen molar-refractivity contribution in [3.05, 3.63) is 41.7 Å². The molecular weight excluding hydrogens is 330 g/mol. The first-order chi connectivity index (χ1) is 12.6. The van der Waals surface area contributed by atoms with Crippen LogP contribution in [0.1, 0.15) is 24.0 Å². The topological polar surface area (TPSA) is 79.4 Å². The van der Waals surface area contributed by atoms with Crippen molar-refractivity contribution < 1.29 is 9.53 Å². The lowest BCUT2D eigenvalue weighted by Crippen LogP contribution is -2.44. The number of anilines is 2. The van der Waals surface area contributed by atoms with Crippen LogP contribution < -0.4 is 15.4 Å². The van der Waals surface area contributed by atoms with Crippen molar-refractivity contribution in [3.8, 4) is 5.88 Å². The van der Waals surface area contributed by atoms with Gasteiger partial charge in [-0.1, -0.05) is 6.07 Å². The third kappa shape index (κ3) is 4.22. The molecule has 2 heterocycles. The number of urea groups is 1. The van der Waals surface area contributed by atoms with Crippen molar-refractivity contribution >= 4 is 17.5 Å². The number of aromatic nitrogens is 2. The second-order valence-electron chi connectivity index (χ2n) is 6.55. The van der Waals surface area contributed by atoms with Gasteiger partial charge in [-0.05, 0) is 49.9 Å². The number of hydrogen-bond donors (Lipinski definition) is 2. The molecule has 0 bridgehead atoms. The molecule has 3 rings (SSSR count). The van der Waals surface area contributed by atoms with Gasteiger partial charge in [0.25, 0.3) is 5.88 Å². The van der Waals surface area contributed by atoms with Crippen molar-refractivity contribution in [2.24, 2.45) is 0 Å². The molecular formula is C19H25N5O2. The molecule has 2 amide bonds. The van der Waals surface area contributed by atoms with Crippen molar-refractivity contribution in [2.45, 2.75) is 32.7 Å². The Labute approximate surface area is 153 Å². The van der Waals surface area contributed by atoms with Crippen LogP contribution in [0.15, 0.2) is 30.6 Å². The summed E-state index contributed by atoms with van der Waals surface area (Å²) < 4.78 is 5.22. The highest BCUT2D eigenvalue weighted by Gasteiger charge is 2.24. The lowest BCUT2D eigenvalue weighted by molar-refractivity contribution is 0.197. The molecule has 0 atom stereocenters. The summed E-state index contributed by atoms with van der Waals surface area (Å²) in [5.41, 5.74) is 3.22. The maximum absolute atomic E-state index is 12.5. The molecule has 0 spiro atoms. The van der Waals surface area contributed by atoms with Crippen molar-refractivity contribution in [1.82, 2.24) is 14.9 Å². The predicted octanol–water partition coefficient (Wildman–Crippen LogP) is 3.21. The highest BCUT2D eigenvalue weighted by Crippen LogP contribution is 2.22. The Kier molecular flexibility index (Phi) is 5.55. The molecule has 1 aromatic carbocycles. The Bertz CT molecular complexity index is 772. The zero-order chi connectivity index (χ0) is 18.5. The van der Waals surface area contributed by atoms with E-state index in [1.807, 2.05) is 30.0 Å². The van der Waals surface area contributed by atoms with E-state index in [1.54, 1.807) is 19.5 Å². The van der Waals surface area contributed by atoms with E-state index in [-0.39, 0.29) is 12.1 Å². The van der Waals surface area contributed by atoms with E-state index in [0.29, 0.717) is 24.8 Å². The van der Waals surface area contributed by atoms with Gasteiger partial charge in [0.05, 0.1) is 7.11 Å². The third-order valence-corrected chi connectivity index (χ3v) is 4.74. The van der Waals surface area contributed by atoms with E-state index in [4.69, 9.17) is 4.74 Å². The van der Waals surface area contributed by atoms with Gasteiger partial charge in [-0.2, -0.15) is 0 Å². The van der Waals surface area contributed by atoms with E-state index in [0.717, 1.165) is 18.5 Å². The summed E-state index contributed by atoms with van der Waals surface area (Å²) in [7, 11) is 1.58. The first kappa shape index (κ1) is 18.0. The number of benzene rings is 1. The number of hydrogen-bond acceptors (Lipinski definition) is 5. The van der Waals surface area contributed by atoms with Crippen LogP contribution in [0.4, 0.5) is 16.3 Å². The quantitative estimate of drug-likeness (QED) is 0.880. The summed E-state index contributed by atoms with van der Waals surface area (Å²) >= 11 is 0. The molecule has 7 heteroatoms. The second-order valence-corrected chi connectivity index (χ2v) is 6.55. The smallest absolute Gasteiger partial charge is 0.321 e. The molecule has 1 saturated heterocycles. The zero-order valence-electron chi connectivity index (χ0n) is 15.5. The van der Waals surface area contributed by atoms with Gasteiger partial charge in [-0.15, -0.1) is 0 Å². The zero-order valence-corrected chi connectivity index (χ0v) is 15.5. The van der Waals surface area contributed by atoms with Gasteiger partial charge in [0.1, 0.15) is 0 Å². The number of methoxy groups -OCH3 is 1. The largest absolute Gasteiger partial charge is 0.478 e. The standard InChI is InChI=1S/C19H25N5O2/c1-13-4-5-16(12-14(13)2)23-19(25)24-10-6-15(7-11-24)22-17-18(26-3)21-9-8-20-17/h4-5,8-9,12,15H,6-7,10-11H2,1-3H3,(H,20,22)(H,23,25). The number of piperidine rings is 1. The average Bonchev–Trinajstić information content (AvgIpc) is 2.66. The molecule has 1 aromatic heterocycles. The molecule has 0 radical (unpaired) electrons. The monoisotopic (exact) mass is 355 g/mol. The minimum absolute atomic E-state index is 0.0520. The Hall–Kier alpha value is -2.83. The summed E-state index contributed by atoms with van der Waals surface area (Å²) in [6, 6.07) is 6.15. The molecule has 1 fully saturated rings. The summed E-state index contributed by atoms with van der Waals surface area (Å²) in [6.45, 7) is 5.49. The maximum Gasteiger partial charge on any atom is 0.321 e. The number of rotatable bonds is 4. The first-order valence-electron chi connectivity index (χ1n) is 8.81.